The number of rotatable bonds is 5. The molecule has 0 aliphatic carbocycles. The number of hydrogen-bond donors (Lipinski definition) is 1. The van der Waals surface area contributed by atoms with E-state index in [0.29, 0.717) is 5.25 Å². The van der Waals surface area contributed by atoms with E-state index in [0.717, 1.165) is 30.8 Å². The molecule has 21 heavy (non-hydrogen) atoms. The Morgan fingerprint density at radius 2 is 1.95 bits per heavy atom. The zero-order chi connectivity index (χ0) is 14.7. The van der Waals surface area contributed by atoms with Crippen molar-refractivity contribution in [2.75, 3.05) is 6.61 Å². The van der Waals surface area contributed by atoms with E-state index in [9.17, 15) is 5.11 Å². The monoisotopic (exact) mass is 300 g/mol. The second kappa shape index (κ2) is 6.54. The van der Waals surface area contributed by atoms with Gasteiger partial charge >= 0.3 is 0 Å². The zero-order valence-electron chi connectivity index (χ0n) is 12.2. The predicted octanol–water partition coefficient (Wildman–Crippen LogP) is 4.23. The van der Waals surface area contributed by atoms with Crippen LogP contribution in [0.5, 0.6) is 5.75 Å². The number of ether oxygens (including phenoxy) is 1. The molecule has 1 aliphatic rings. The molecule has 1 aliphatic heterocycles. The van der Waals surface area contributed by atoms with Gasteiger partial charge in [-0.2, -0.15) is 0 Å². The fraction of sp³-hybridized carbons (Fsp3) is 0.333. The Hall–Kier alpha value is -1.45. The first-order valence-corrected chi connectivity index (χ1v) is 8.29. The van der Waals surface area contributed by atoms with Crippen molar-refractivity contribution in [3.8, 4) is 5.75 Å². The van der Waals surface area contributed by atoms with Crippen LogP contribution in [0.15, 0.2) is 53.4 Å². The normalized spacial score (nSPS) is 18.3. The van der Waals surface area contributed by atoms with Crippen molar-refractivity contribution in [2.24, 2.45) is 0 Å². The summed E-state index contributed by atoms with van der Waals surface area (Å²) in [6.07, 6.45) is 1.43. The van der Waals surface area contributed by atoms with Crippen LogP contribution >= 0.6 is 11.8 Å². The minimum absolute atomic E-state index is 0.376. The quantitative estimate of drug-likeness (QED) is 0.896. The Morgan fingerprint density at radius 3 is 2.67 bits per heavy atom. The van der Waals surface area contributed by atoms with Crippen molar-refractivity contribution in [1.29, 1.82) is 0 Å². The smallest absolute Gasteiger partial charge is 0.119 e. The number of aliphatic hydroxyl groups is 1. The second-order valence-corrected chi connectivity index (χ2v) is 6.70. The molecule has 3 rings (SSSR count). The fourth-order valence-electron chi connectivity index (χ4n) is 2.56. The van der Waals surface area contributed by atoms with Gasteiger partial charge in [-0.15, -0.1) is 11.8 Å². The van der Waals surface area contributed by atoms with E-state index in [1.54, 1.807) is 0 Å². The summed E-state index contributed by atoms with van der Waals surface area (Å²) in [5.74, 6) is 0.874. The summed E-state index contributed by atoms with van der Waals surface area (Å²) >= 11 is 1.90. The number of benzene rings is 2. The van der Waals surface area contributed by atoms with E-state index in [2.05, 4.69) is 24.3 Å². The van der Waals surface area contributed by atoms with Crippen LogP contribution in [0.1, 0.15) is 30.6 Å². The molecule has 0 fully saturated rings. The Labute approximate surface area is 130 Å². The SMILES string of the molecule is CC[C@H](O)c1ccc(OCC2Cc3ccccc3S2)cc1. The fourth-order valence-corrected chi connectivity index (χ4v) is 3.78. The summed E-state index contributed by atoms with van der Waals surface area (Å²) in [6, 6.07) is 16.3. The maximum absolute atomic E-state index is 9.78. The van der Waals surface area contributed by atoms with E-state index in [4.69, 9.17) is 4.74 Å². The van der Waals surface area contributed by atoms with E-state index in [1.165, 1.54) is 10.5 Å². The summed E-state index contributed by atoms with van der Waals surface area (Å²) < 4.78 is 5.89. The molecule has 0 amide bonds. The van der Waals surface area contributed by atoms with Gasteiger partial charge in [0.25, 0.3) is 0 Å². The molecule has 0 aromatic heterocycles. The van der Waals surface area contributed by atoms with Crippen LogP contribution in [0.2, 0.25) is 0 Å². The van der Waals surface area contributed by atoms with E-state index >= 15 is 0 Å². The summed E-state index contributed by atoms with van der Waals surface area (Å²) in [7, 11) is 0. The van der Waals surface area contributed by atoms with Gasteiger partial charge in [0.1, 0.15) is 12.4 Å². The van der Waals surface area contributed by atoms with Crippen LogP contribution < -0.4 is 4.74 Å². The van der Waals surface area contributed by atoms with Crippen LogP contribution in [-0.2, 0) is 6.42 Å². The molecular formula is C18H20O2S. The Bertz CT molecular complexity index is 569. The van der Waals surface area contributed by atoms with Gasteiger partial charge in [0, 0.05) is 10.1 Å². The third-order valence-corrected chi connectivity index (χ3v) is 5.09. The van der Waals surface area contributed by atoms with Crippen molar-refractivity contribution >= 4 is 11.8 Å². The van der Waals surface area contributed by atoms with Crippen LogP contribution in [0.3, 0.4) is 0 Å². The largest absolute Gasteiger partial charge is 0.492 e. The summed E-state index contributed by atoms with van der Waals surface area (Å²) in [5.41, 5.74) is 2.38. The molecule has 0 saturated heterocycles. The van der Waals surface area contributed by atoms with Crippen molar-refractivity contribution in [3.05, 3.63) is 59.7 Å². The lowest BCUT2D eigenvalue weighted by atomic mass is 10.1. The highest BCUT2D eigenvalue weighted by Crippen LogP contribution is 2.36. The zero-order valence-corrected chi connectivity index (χ0v) is 13.0. The molecule has 3 heteroatoms. The van der Waals surface area contributed by atoms with Crippen molar-refractivity contribution in [1.82, 2.24) is 0 Å². The van der Waals surface area contributed by atoms with Crippen LogP contribution in [0.25, 0.3) is 0 Å². The Kier molecular flexibility index (Phi) is 4.51. The van der Waals surface area contributed by atoms with Crippen molar-refractivity contribution in [3.63, 3.8) is 0 Å². The number of hydrogen-bond acceptors (Lipinski definition) is 3. The van der Waals surface area contributed by atoms with Gasteiger partial charge in [-0.1, -0.05) is 37.3 Å². The average Bonchev–Trinajstić information content (AvgIpc) is 2.95. The molecule has 110 valence electrons. The minimum Gasteiger partial charge on any atom is -0.492 e. The van der Waals surface area contributed by atoms with Crippen LogP contribution in [0.4, 0.5) is 0 Å². The van der Waals surface area contributed by atoms with Gasteiger partial charge in [-0.3, -0.25) is 0 Å². The second-order valence-electron chi connectivity index (χ2n) is 5.36. The van der Waals surface area contributed by atoms with Crippen LogP contribution in [-0.4, -0.2) is 17.0 Å². The molecule has 0 saturated carbocycles. The van der Waals surface area contributed by atoms with E-state index < -0.39 is 0 Å². The minimum atomic E-state index is -0.376. The standard InChI is InChI=1S/C18H20O2S/c1-2-17(19)13-7-9-15(10-8-13)20-12-16-11-14-5-3-4-6-18(14)21-16/h3-10,16-17,19H,2,11-12H2,1H3/t16?,17-/m0/s1. The number of fused-ring (bicyclic) bond motifs is 1. The third-order valence-electron chi connectivity index (χ3n) is 3.80. The average molecular weight is 300 g/mol. The molecule has 2 nitrogen and oxygen atoms in total. The Morgan fingerprint density at radius 1 is 1.19 bits per heavy atom. The van der Waals surface area contributed by atoms with Gasteiger partial charge in [-0.25, -0.2) is 0 Å². The van der Waals surface area contributed by atoms with Crippen molar-refractivity contribution in [2.45, 2.75) is 36.0 Å². The van der Waals surface area contributed by atoms with Crippen LogP contribution in [0, 0.1) is 0 Å². The molecule has 0 bridgehead atoms. The van der Waals surface area contributed by atoms with E-state index in [-0.39, 0.29) is 6.10 Å². The molecule has 1 heterocycles. The third kappa shape index (κ3) is 3.42. The first-order chi connectivity index (χ1) is 10.3. The number of aliphatic hydroxyl groups excluding tert-OH is 1. The molecular weight excluding hydrogens is 280 g/mol. The molecule has 0 spiro atoms. The molecule has 2 atom stereocenters. The highest BCUT2D eigenvalue weighted by molar-refractivity contribution is 8.00. The first-order valence-electron chi connectivity index (χ1n) is 7.41. The van der Waals surface area contributed by atoms with Gasteiger partial charge in [0.05, 0.1) is 6.10 Å². The first kappa shape index (κ1) is 14.5. The summed E-state index contributed by atoms with van der Waals surface area (Å²) in [5, 5.41) is 10.3. The summed E-state index contributed by atoms with van der Waals surface area (Å²) in [4.78, 5) is 1.38. The van der Waals surface area contributed by atoms with Gasteiger partial charge in [0.2, 0.25) is 0 Å². The Balaban J connectivity index is 1.55. The number of thioether (sulfide) groups is 1. The lowest BCUT2D eigenvalue weighted by Gasteiger charge is -2.12. The highest BCUT2D eigenvalue weighted by atomic mass is 32.2. The predicted molar refractivity (Wildman–Crippen MR) is 87.0 cm³/mol. The van der Waals surface area contributed by atoms with Gasteiger partial charge in [-0.05, 0) is 42.2 Å². The van der Waals surface area contributed by atoms with Crippen molar-refractivity contribution < 1.29 is 9.84 Å². The maximum atomic E-state index is 9.78. The highest BCUT2D eigenvalue weighted by Gasteiger charge is 2.22. The summed E-state index contributed by atoms with van der Waals surface area (Å²) in [6.45, 7) is 2.69. The lowest BCUT2D eigenvalue weighted by Crippen LogP contribution is -2.13. The lowest BCUT2D eigenvalue weighted by molar-refractivity contribution is 0.173. The molecule has 2 aromatic carbocycles. The topological polar surface area (TPSA) is 29.5 Å². The molecule has 1 N–H and O–H groups in total. The van der Waals surface area contributed by atoms with E-state index in [1.807, 2.05) is 43.0 Å². The molecule has 1 unspecified atom stereocenters. The van der Waals surface area contributed by atoms with Gasteiger partial charge < -0.3 is 9.84 Å². The molecule has 2 aromatic rings. The maximum Gasteiger partial charge on any atom is 0.119 e. The molecule has 0 radical (unpaired) electrons. The van der Waals surface area contributed by atoms with Gasteiger partial charge in [0.15, 0.2) is 0 Å².